The molecule has 0 unspecified atom stereocenters. The fourth-order valence-electron chi connectivity index (χ4n) is 1.62. The van der Waals surface area contributed by atoms with E-state index in [4.69, 9.17) is 34.8 Å². The van der Waals surface area contributed by atoms with Crippen molar-refractivity contribution in [3.8, 4) is 0 Å². The minimum Gasteiger partial charge on any atom is -0.329 e. The van der Waals surface area contributed by atoms with Gasteiger partial charge < -0.3 is 10.0 Å². The Bertz CT molecular complexity index is 722. The fraction of sp³-hybridized carbons (Fsp3) is 0. The first-order valence-corrected chi connectivity index (χ1v) is 8.05. The van der Waals surface area contributed by atoms with Crippen LogP contribution < -0.4 is 10.0 Å². The molecule has 114 valence electrons. The van der Waals surface area contributed by atoms with Crippen molar-refractivity contribution < 1.29 is 4.79 Å². The van der Waals surface area contributed by atoms with E-state index >= 15 is 0 Å². The number of rotatable bonds is 5. The standard InChI is InChI=1S/C15H11Cl3N2OS/c1-2-19-15(21)11-5-3-9(16)7-14(11)20-22-10-4-6-12(17)13(18)8-10/h2-8,20H,1H2,(H,19,21). The number of amides is 1. The van der Waals surface area contributed by atoms with Crippen LogP contribution in [0.4, 0.5) is 5.69 Å². The Balaban J connectivity index is 2.20. The zero-order chi connectivity index (χ0) is 16.1. The SMILES string of the molecule is C=CNC(=O)c1ccc(Cl)cc1NSc1ccc(Cl)c(Cl)c1. The zero-order valence-electron chi connectivity index (χ0n) is 11.2. The Morgan fingerprint density at radius 2 is 1.86 bits per heavy atom. The maximum Gasteiger partial charge on any atom is 0.257 e. The molecule has 0 heterocycles. The molecule has 0 aromatic heterocycles. The zero-order valence-corrected chi connectivity index (χ0v) is 14.3. The van der Waals surface area contributed by atoms with E-state index in [1.54, 1.807) is 30.3 Å². The quantitative estimate of drug-likeness (QED) is 0.666. The lowest BCUT2D eigenvalue weighted by molar-refractivity contribution is 0.0971. The van der Waals surface area contributed by atoms with Gasteiger partial charge in [-0.1, -0.05) is 41.4 Å². The third kappa shape index (κ3) is 4.34. The molecule has 0 radical (unpaired) electrons. The third-order valence-corrected chi connectivity index (χ3v) is 4.42. The highest BCUT2D eigenvalue weighted by Gasteiger charge is 2.11. The summed E-state index contributed by atoms with van der Waals surface area (Å²) in [4.78, 5) is 12.8. The summed E-state index contributed by atoms with van der Waals surface area (Å²) in [6, 6.07) is 10.2. The highest BCUT2D eigenvalue weighted by atomic mass is 35.5. The largest absolute Gasteiger partial charge is 0.329 e. The Hall–Kier alpha value is -1.33. The van der Waals surface area contributed by atoms with Crippen molar-refractivity contribution in [2.45, 2.75) is 4.90 Å². The number of carbonyl (C=O) groups is 1. The van der Waals surface area contributed by atoms with Crippen LogP contribution in [0.25, 0.3) is 0 Å². The first-order valence-electron chi connectivity index (χ1n) is 6.10. The molecule has 0 aliphatic rings. The topological polar surface area (TPSA) is 41.1 Å². The third-order valence-electron chi connectivity index (χ3n) is 2.63. The molecule has 2 aromatic rings. The van der Waals surface area contributed by atoms with Gasteiger partial charge >= 0.3 is 0 Å². The van der Waals surface area contributed by atoms with Gasteiger partial charge in [0.15, 0.2) is 0 Å². The summed E-state index contributed by atoms with van der Waals surface area (Å²) in [6.07, 6.45) is 1.33. The molecule has 0 saturated heterocycles. The van der Waals surface area contributed by atoms with Crippen LogP contribution in [0.2, 0.25) is 15.1 Å². The summed E-state index contributed by atoms with van der Waals surface area (Å²) in [5.74, 6) is -0.274. The number of benzene rings is 2. The van der Waals surface area contributed by atoms with E-state index in [0.29, 0.717) is 26.3 Å². The molecular formula is C15H11Cl3N2OS. The van der Waals surface area contributed by atoms with Crippen molar-refractivity contribution >= 4 is 58.3 Å². The number of halogens is 3. The smallest absolute Gasteiger partial charge is 0.257 e. The maximum atomic E-state index is 12.0. The molecule has 0 saturated carbocycles. The normalized spacial score (nSPS) is 10.1. The van der Waals surface area contributed by atoms with Gasteiger partial charge in [-0.15, -0.1) is 0 Å². The van der Waals surface area contributed by atoms with E-state index in [1.165, 1.54) is 18.1 Å². The van der Waals surface area contributed by atoms with Crippen LogP contribution in [0.5, 0.6) is 0 Å². The van der Waals surface area contributed by atoms with Crippen LogP contribution in [0.3, 0.4) is 0 Å². The Labute approximate surface area is 147 Å². The van der Waals surface area contributed by atoms with E-state index in [9.17, 15) is 4.79 Å². The molecule has 0 fully saturated rings. The van der Waals surface area contributed by atoms with E-state index in [1.807, 2.05) is 6.07 Å². The van der Waals surface area contributed by atoms with Gasteiger partial charge in [0, 0.05) is 9.92 Å². The van der Waals surface area contributed by atoms with Gasteiger partial charge in [-0.2, -0.15) is 0 Å². The monoisotopic (exact) mass is 372 g/mol. The lowest BCUT2D eigenvalue weighted by Gasteiger charge is -2.11. The Morgan fingerprint density at radius 1 is 1.09 bits per heavy atom. The van der Waals surface area contributed by atoms with Gasteiger partial charge in [-0.05, 0) is 54.5 Å². The lowest BCUT2D eigenvalue weighted by atomic mass is 10.1. The fourth-order valence-corrected chi connectivity index (χ4v) is 2.87. The molecular weight excluding hydrogens is 363 g/mol. The number of nitrogens with one attached hydrogen (secondary N) is 2. The molecule has 7 heteroatoms. The Morgan fingerprint density at radius 3 is 2.55 bits per heavy atom. The van der Waals surface area contributed by atoms with E-state index in [0.717, 1.165) is 4.90 Å². The molecule has 0 aliphatic heterocycles. The van der Waals surface area contributed by atoms with Gasteiger partial charge in [-0.25, -0.2) is 0 Å². The molecule has 2 aromatic carbocycles. The average Bonchev–Trinajstić information content (AvgIpc) is 2.49. The second-order valence-electron chi connectivity index (χ2n) is 4.15. The van der Waals surface area contributed by atoms with Crippen molar-refractivity contribution in [3.05, 3.63) is 69.8 Å². The van der Waals surface area contributed by atoms with Crippen LogP contribution in [0, 0.1) is 0 Å². The molecule has 22 heavy (non-hydrogen) atoms. The average molecular weight is 374 g/mol. The number of hydrogen-bond acceptors (Lipinski definition) is 3. The lowest BCUT2D eigenvalue weighted by Crippen LogP contribution is -2.17. The minimum absolute atomic E-state index is 0.274. The summed E-state index contributed by atoms with van der Waals surface area (Å²) in [7, 11) is 0. The van der Waals surface area contributed by atoms with Crippen molar-refractivity contribution in [2.75, 3.05) is 4.72 Å². The van der Waals surface area contributed by atoms with Crippen molar-refractivity contribution in [2.24, 2.45) is 0 Å². The summed E-state index contributed by atoms with van der Waals surface area (Å²) in [5.41, 5.74) is 1.04. The number of anilines is 1. The summed E-state index contributed by atoms with van der Waals surface area (Å²) >= 11 is 19.1. The molecule has 0 atom stereocenters. The van der Waals surface area contributed by atoms with E-state index in [-0.39, 0.29) is 5.91 Å². The molecule has 2 N–H and O–H groups in total. The van der Waals surface area contributed by atoms with Crippen LogP contribution >= 0.6 is 46.8 Å². The van der Waals surface area contributed by atoms with Gasteiger partial charge in [0.05, 0.1) is 21.3 Å². The van der Waals surface area contributed by atoms with Gasteiger partial charge in [0.1, 0.15) is 0 Å². The molecule has 3 nitrogen and oxygen atoms in total. The first kappa shape index (κ1) is 17.0. The number of carbonyl (C=O) groups excluding carboxylic acids is 1. The molecule has 0 aliphatic carbocycles. The minimum atomic E-state index is -0.274. The molecule has 0 spiro atoms. The van der Waals surface area contributed by atoms with Gasteiger partial charge in [0.25, 0.3) is 5.91 Å². The molecule has 0 bridgehead atoms. The first-order chi connectivity index (χ1) is 10.5. The van der Waals surface area contributed by atoms with Crippen LogP contribution in [0.15, 0.2) is 54.1 Å². The predicted octanol–water partition coefficient (Wildman–Crippen LogP) is 5.64. The van der Waals surface area contributed by atoms with Crippen LogP contribution in [-0.4, -0.2) is 5.91 Å². The maximum absolute atomic E-state index is 12.0. The summed E-state index contributed by atoms with van der Waals surface area (Å²) in [5, 5.41) is 4.00. The predicted molar refractivity (Wildman–Crippen MR) is 95.1 cm³/mol. The Kier molecular flexibility index (Phi) is 6.03. The van der Waals surface area contributed by atoms with Gasteiger partial charge in [0.2, 0.25) is 0 Å². The van der Waals surface area contributed by atoms with Crippen LogP contribution in [0.1, 0.15) is 10.4 Å². The van der Waals surface area contributed by atoms with Gasteiger partial charge in [-0.3, -0.25) is 4.79 Å². The number of hydrogen-bond donors (Lipinski definition) is 2. The molecule has 1 amide bonds. The highest BCUT2D eigenvalue weighted by molar-refractivity contribution is 8.00. The second kappa shape index (κ2) is 7.79. The van der Waals surface area contributed by atoms with Crippen molar-refractivity contribution in [1.82, 2.24) is 5.32 Å². The van der Waals surface area contributed by atoms with E-state index < -0.39 is 0 Å². The summed E-state index contributed by atoms with van der Waals surface area (Å²) in [6.45, 7) is 3.47. The summed E-state index contributed by atoms with van der Waals surface area (Å²) < 4.78 is 3.09. The van der Waals surface area contributed by atoms with Crippen molar-refractivity contribution in [3.63, 3.8) is 0 Å². The van der Waals surface area contributed by atoms with Crippen LogP contribution in [-0.2, 0) is 0 Å². The highest BCUT2D eigenvalue weighted by Crippen LogP contribution is 2.30. The van der Waals surface area contributed by atoms with E-state index in [2.05, 4.69) is 16.6 Å². The second-order valence-corrected chi connectivity index (χ2v) is 6.28. The molecule has 2 rings (SSSR count). The van der Waals surface area contributed by atoms with Crippen molar-refractivity contribution in [1.29, 1.82) is 0 Å².